The predicted molar refractivity (Wildman–Crippen MR) is 85.1 cm³/mol. The third-order valence-corrected chi connectivity index (χ3v) is 5.19. The van der Waals surface area contributed by atoms with Crippen LogP contribution < -0.4 is 5.32 Å². The van der Waals surface area contributed by atoms with Gasteiger partial charge in [0.2, 0.25) is 0 Å². The van der Waals surface area contributed by atoms with Crippen molar-refractivity contribution >= 4 is 10.8 Å². The van der Waals surface area contributed by atoms with Crippen molar-refractivity contribution in [1.82, 2.24) is 5.32 Å². The van der Waals surface area contributed by atoms with E-state index in [2.05, 4.69) is 43.4 Å². The third-order valence-electron chi connectivity index (χ3n) is 3.25. The van der Waals surface area contributed by atoms with Crippen molar-refractivity contribution in [3.8, 4) is 0 Å². The molecule has 3 heteroatoms. The van der Waals surface area contributed by atoms with Crippen molar-refractivity contribution in [2.75, 3.05) is 12.3 Å². The van der Waals surface area contributed by atoms with Gasteiger partial charge in [-0.3, -0.25) is 4.21 Å². The lowest BCUT2D eigenvalue weighted by Crippen LogP contribution is -2.34. The van der Waals surface area contributed by atoms with Gasteiger partial charge in [0.1, 0.15) is 0 Å². The van der Waals surface area contributed by atoms with E-state index in [1.165, 1.54) is 11.1 Å². The molecule has 2 atom stereocenters. The fraction of sp³-hybridized carbons (Fsp3) is 0.625. The van der Waals surface area contributed by atoms with Gasteiger partial charge in [0, 0.05) is 33.9 Å². The van der Waals surface area contributed by atoms with Crippen LogP contribution in [0.4, 0.5) is 0 Å². The molecule has 2 nitrogen and oxygen atoms in total. The molecule has 0 saturated heterocycles. The van der Waals surface area contributed by atoms with Crippen LogP contribution in [0.5, 0.6) is 0 Å². The molecule has 0 heterocycles. The second-order valence-corrected chi connectivity index (χ2v) is 8.47. The van der Waals surface area contributed by atoms with Crippen LogP contribution in [0.2, 0.25) is 0 Å². The predicted octanol–water partition coefficient (Wildman–Crippen LogP) is 3.06. The molecule has 1 rings (SSSR count). The maximum absolute atomic E-state index is 11.9. The molecule has 0 amide bonds. The molecule has 0 aliphatic heterocycles. The summed E-state index contributed by atoms with van der Waals surface area (Å²) in [5.41, 5.74) is 2.73. The average molecular weight is 281 g/mol. The summed E-state index contributed by atoms with van der Waals surface area (Å²) in [4.78, 5) is 0. The molecule has 0 saturated carbocycles. The average Bonchev–Trinajstić information content (AvgIpc) is 2.31. The Morgan fingerprint density at radius 2 is 1.89 bits per heavy atom. The zero-order valence-corrected chi connectivity index (χ0v) is 13.6. The molecule has 0 bridgehead atoms. The Bertz CT molecular complexity index is 423. The van der Waals surface area contributed by atoms with Crippen molar-refractivity contribution in [3.05, 3.63) is 35.4 Å². The van der Waals surface area contributed by atoms with E-state index in [-0.39, 0.29) is 4.75 Å². The highest BCUT2D eigenvalue weighted by Crippen LogP contribution is 2.11. The van der Waals surface area contributed by atoms with Crippen molar-refractivity contribution in [2.24, 2.45) is 0 Å². The number of benzene rings is 1. The quantitative estimate of drug-likeness (QED) is 0.868. The summed E-state index contributed by atoms with van der Waals surface area (Å²) in [5, 5.41) is 3.47. The molecule has 1 N–H and O–H groups in total. The van der Waals surface area contributed by atoms with E-state index in [1.54, 1.807) is 0 Å². The van der Waals surface area contributed by atoms with Gasteiger partial charge in [0.05, 0.1) is 0 Å². The van der Waals surface area contributed by atoms with Crippen LogP contribution in [0.1, 0.15) is 38.8 Å². The Morgan fingerprint density at radius 1 is 1.26 bits per heavy atom. The smallest absolute Gasteiger partial charge is 0.0375 e. The molecule has 108 valence electrons. The zero-order chi connectivity index (χ0) is 14.5. The van der Waals surface area contributed by atoms with Gasteiger partial charge in [-0.15, -0.1) is 0 Å². The second kappa shape index (κ2) is 7.20. The van der Waals surface area contributed by atoms with Gasteiger partial charge in [-0.25, -0.2) is 0 Å². The van der Waals surface area contributed by atoms with Gasteiger partial charge in [0.25, 0.3) is 0 Å². The molecule has 0 aromatic heterocycles. The van der Waals surface area contributed by atoms with Crippen LogP contribution in [0, 0.1) is 6.92 Å². The first kappa shape index (κ1) is 16.4. The van der Waals surface area contributed by atoms with Gasteiger partial charge in [0.15, 0.2) is 0 Å². The lowest BCUT2D eigenvalue weighted by atomic mass is 10.0. The molecule has 0 aliphatic carbocycles. The fourth-order valence-corrected chi connectivity index (χ4v) is 2.86. The van der Waals surface area contributed by atoms with Gasteiger partial charge in [-0.2, -0.15) is 0 Å². The topological polar surface area (TPSA) is 29.1 Å². The van der Waals surface area contributed by atoms with E-state index in [0.717, 1.165) is 18.7 Å². The first-order valence-corrected chi connectivity index (χ1v) is 8.29. The maximum Gasteiger partial charge on any atom is 0.0375 e. The summed E-state index contributed by atoms with van der Waals surface area (Å²) < 4.78 is 11.8. The summed E-state index contributed by atoms with van der Waals surface area (Å²) in [6, 6.07) is 8.91. The van der Waals surface area contributed by atoms with E-state index >= 15 is 0 Å². The number of aryl methyl sites for hydroxylation is 1. The molecule has 1 aromatic carbocycles. The Kier molecular flexibility index (Phi) is 6.21. The maximum atomic E-state index is 11.9. The van der Waals surface area contributed by atoms with Gasteiger partial charge >= 0.3 is 0 Å². The number of rotatable bonds is 6. The minimum atomic E-state index is -0.767. The molecular weight excluding hydrogens is 254 g/mol. The molecule has 0 radical (unpaired) electrons. The molecule has 0 spiro atoms. The van der Waals surface area contributed by atoms with Gasteiger partial charge in [-0.1, -0.05) is 24.3 Å². The number of nitrogens with one attached hydrogen (secondary N) is 1. The van der Waals surface area contributed by atoms with Crippen LogP contribution in [-0.4, -0.2) is 27.3 Å². The number of hydrogen-bond acceptors (Lipinski definition) is 2. The van der Waals surface area contributed by atoms with E-state index in [0.29, 0.717) is 6.04 Å². The molecule has 19 heavy (non-hydrogen) atoms. The number of hydrogen-bond donors (Lipinski definition) is 1. The lowest BCUT2D eigenvalue weighted by molar-refractivity contribution is 0.561. The Balaban J connectivity index is 2.35. The monoisotopic (exact) mass is 281 g/mol. The third kappa shape index (κ3) is 5.87. The van der Waals surface area contributed by atoms with E-state index in [9.17, 15) is 4.21 Å². The van der Waals surface area contributed by atoms with Crippen molar-refractivity contribution in [1.29, 1.82) is 0 Å². The largest absolute Gasteiger partial charge is 0.313 e. The first-order valence-electron chi connectivity index (χ1n) is 6.97. The van der Waals surface area contributed by atoms with Crippen molar-refractivity contribution < 1.29 is 4.21 Å². The Morgan fingerprint density at radius 3 is 2.47 bits per heavy atom. The Hall–Kier alpha value is -0.670. The minimum absolute atomic E-state index is 0.110. The minimum Gasteiger partial charge on any atom is -0.313 e. The van der Waals surface area contributed by atoms with Crippen LogP contribution in [0.3, 0.4) is 0 Å². The van der Waals surface area contributed by atoms with Crippen LogP contribution in [0.15, 0.2) is 24.3 Å². The zero-order valence-electron chi connectivity index (χ0n) is 12.8. The summed E-state index contributed by atoms with van der Waals surface area (Å²) in [5.74, 6) is 0.724. The van der Waals surface area contributed by atoms with E-state index < -0.39 is 10.8 Å². The summed E-state index contributed by atoms with van der Waals surface area (Å²) >= 11 is 0. The molecule has 0 aliphatic rings. The highest BCUT2D eigenvalue weighted by molar-refractivity contribution is 7.86. The first-order chi connectivity index (χ1) is 8.80. The van der Waals surface area contributed by atoms with Crippen LogP contribution in [-0.2, 0) is 17.2 Å². The molecular formula is C16H27NOS. The highest BCUT2D eigenvalue weighted by atomic mass is 32.2. The summed E-state index contributed by atoms with van der Waals surface area (Å²) in [7, 11) is -0.767. The lowest BCUT2D eigenvalue weighted by Gasteiger charge is -2.19. The second-order valence-electron chi connectivity index (χ2n) is 6.15. The summed E-state index contributed by atoms with van der Waals surface area (Å²) in [6.45, 7) is 11.2. The van der Waals surface area contributed by atoms with E-state index in [1.807, 2.05) is 20.8 Å². The van der Waals surface area contributed by atoms with Gasteiger partial charge < -0.3 is 5.32 Å². The molecule has 0 unspecified atom stereocenters. The molecule has 1 aromatic rings. The highest BCUT2D eigenvalue weighted by Gasteiger charge is 2.18. The van der Waals surface area contributed by atoms with Crippen LogP contribution >= 0.6 is 0 Å². The SMILES string of the molecule is Cc1ccccc1C[C@@H](C)NCC[S@](=O)C(C)(C)C. The normalized spacial score (nSPS) is 15.2. The fourth-order valence-electron chi connectivity index (χ4n) is 1.95. The summed E-state index contributed by atoms with van der Waals surface area (Å²) in [6.07, 6.45) is 1.02. The van der Waals surface area contributed by atoms with Crippen LogP contribution in [0.25, 0.3) is 0 Å². The van der Waals surface area contributed by atoms with Gasteiger partial charge in [-0.05, 0) is 52.2 Å². The van der Waals surface area contributed by atoms with Crippen molar-refractivity contribution in [3.63, 3.8) is 0 Å². The van der Waals surface area contributed by atoms with Crippen molar-refractivity contribution in [2.45, 2.75) is 51.8 Å². The standard InChI is InChI=1S/C16H27NOS/c1-13-8-6-7-9-15(13)12-14(2)17-10-11-19(18)16(3,4)5/h6-9,14,17H,10-12H2,1-5H3/t14-,19+/m1/s1. The molecule has 0 fully saturated rings. The van der Waals surface area contributed by atoms with E-state index in [4.69, 9.17) is 0 Å². The Labute approximate surface area is 120 Å².